The quantitative estimate of drug-likeness (QED) is 0.0217. The molecular weight excluding hydrogens is 490 g/mol. The molecule has 15 nitrogen and oxygen atoms in total. The summed E-state index contributed by atoms with van der Waals surface area (Å²) in [7, 11) is 2.76. The van der Waals surface area contributed by atoms with Gasteiger partial charge in [0.15, 0.2) is 0 Å². The van der Waals surface area contributed by atoms with Crippen LogP contribution in [0.15, 0.2) is 0 Å². The molecule has 0 saturated heterocycles. The van der Waals surface area contributed by atoms with Crippen LogP contribution in [0.4, 0.5) is 0 Å². The maximum atomic E-state index is 11.7. The zero-order chi connectivity index (χ0) is 25.6. The lowest BCUT2D eigenvalue weighted by molar-refractivity contribution is -0.133. The van der Waals surface area contributed by atoms with Gasteiger partial charge in [-0.1, -0.05) is 34.4 Å². The van der Waals surface area contributed by atoms with Crippen molar-refractivity contribution in [1.29, 1.82) is 0 Å². The minimum atomic E-state index is -0.708. The third kappa shape index (κ3) is 20.0. The Hall–Kier alpha value is -2.60. The largest absolute Gasteiger partial charge is 0.346 e. The fraction of sp³-hybridized carbons (Fsp3) is 0.647. The molecule has 0 fully saturated rings. The number of hydrogen-bond acceptors (Lipinski definition) is 11. The Bertz CT molecular complexity index is 684. The van der Waals surface area contributed by atoms with Crippen LogP contribution in [0.5, 0.6) is 0 Å². The molecule has 0 aromatic heterocycles. The molecule has 0 aliphatic carbocycles. The lowest BCUT2D eigenvalue weighted by atomic mass is 10.2. The molecule has 0 aromatic rings. The van der Waals surface area contributed by atoms with E-state index in [-0.39, 0.29) is 24.6 Å². The average Bonchev–Trinajstić information content (AvgIpc) is 2.80. The van der Waals surface area contributed by atoms with Crippen molar-refractivity contribution in [2.24, 2.45) is 5.84 Å². The van der Waals surface area contributed by atoms with Gasteiger partial charge in [-0.2, -0.15) is 0 Å². The molecule has 0 spiro atoms. The number of rotatable bonds is 18. The standard InChI is InChI=1S/C17H33N9O6S2/c1-33-34-11-17(32)19-10-16(31)26-25-15(30)9-14(29)24-21-7-5-3-2-4-6-20-23-13(28)8-12(27)22-18/h20-21H,2-11,18H2,1H3,(H,19,32)(H,22,27)(H,23,28)(H,24,29)(H,25,30)(H,26,31). The second-order valence-corrected chi connectivity index (χ2v) is 9.15. The van der Waals surface area contributed by atoms with Crippen molar-refractivity contribution in [3.8, 4) is 0 Å². The van der Waals surface area contributed by atoms with Gasteiger partial charge in [0.05, 0.1) is 12.3 Å². The first-order valence-corrected chi connectivity index (χ1v) is 13.0. The van der Waals surface area contributed by atoms with Gasteiger partial charge in [0, 0.05) is 13.1 Å². The van der Waals surface area contributed by atoms with Crippen LogP contribution in [-0.2, 0) is 28.8 Å². The average molecular weight is 524 g/mol. The molecule has 10 N–H and O–H groups in total. The smallest absolute Gasteiger partial charge is 0.257 e. The zero-order valence-electron chi connectivity index (χ0n) is 18.9. The van der Waals surface area contributed by atoms with Gasteiger partial charge < -0.3 is 5.32 Å². The van der Waals surface area contributed by atoms with E-state index in [4.69, 9.17) is 5.84 Å². The number of hydrogen-bond donors (Lipinski definition) is 9. The van der Waals surface area contributed by atoms with Crippen molar-refractivity contribution >= 4 is 57.0 Å². The van der Waals surface area contributed by atoms with E-state index >= 15 is 0 Å². The Morgan fingerprint density at radius 1 is 0.647 bits per heavy atom. The number of carbonyl (C=O) groups excluding carboxylic acids is 6. The zero-order valence-corrected chi connectivity index (χ0v) is 20.5. The molecule has 0 unspecified atom stereocenters. The van der Waals surface area contributed by atoms with Crippen molar-refractivity contribution in [3.05, 3.63) is 0 Å². The highest BCUT2D eigenvalue weighted by molar-refractivity contribution is 8.76. The van der Waals surface area contributed by atoms with E-state index in [0.29, 0.717) is 13.1 Å². The first-order chi connectivity index (χ1) is 16.3. The molecule has 0 saturated carbocycles. The van der Waals surface area contributed by atoms with E-state index in [1.165, 1.54) is 21.6 Å². The van der Waals surface area contributed by atoms with Gasteiger partial charge >= 0.3 is 0 Å². The molecule has 0 radical (unpaired) electrons. The molecule has 0 aromatic carbocycles. The van der Waals surface area contributed by atoms with Crippen molar-refractivity contribution in [3.63, 3.8) is 0 Å². The van der Waals surface area contributed by atoms with Crippen molar-refractivity contribution < 1.29 is 28.8 Å². The minimum absolute atomic E-state index is 0.211. The molecule has 0 atom stereocenters. The molecule has 0 rings (SSSR count). The van der Waals surface area contributed by atoms with E-state index in [1.807, 2.05) is 11.7 Å². The van der Waals surface area contributed by atoms with Crippen LogP contribution in [0.3, 0.4) is 0 Å². The highest BCUT2D eigenvalue weighted by Crippen LogP contribution is 2.15. The van der Waals surface area contributed by atoms with Gasteiger partial charge in [-0.25, -0.2) is 16.7 Å². The van der Waals surface area contributed by atoms with Crippen LogP contribution in [0.1, 0.15) is 38.5 Å². The Morgan fingerprint density at radius 3 is 1.68 bits per heavy atom. The molecule has 17 heteroatoms. The molecule has 0 heterocycles. The predicted octanol–water partition coefficient (Wildman–Crippen LogP) is -3.17. The fourth-order valence-electron chi connectivity index (χ4n) is 2.10. The van der Waals surface area contributed by atoms with Gasteiger partial charge in [-0.15, -0.1) is 0 Å². The second kappa shape index (κ2) is 21.0. The lowest BCUT2D eigenvalue weighted by Gasteiger charge is -2.09. The van der Waals surface area contributed by atoms with Crippen LogP contribution in [0.25, 0.3) is 0 Å². The SMILES string of the molecule is CSSCC(=O)NCC(=O)NNC(=O)CC(=O)NNCCCCCCNNC(=O)CC(=O)NN. The molecule has 194 valence electrons. The fourth-order valence-corrected chi connectivity index (χ4v) is 3.11. The number of carbonyl (C=O) groups is 6. The Morgan fingerprint density at radius 2 is 1.15 bits per heavy atom. The van der Waals surface area contributed by atoms with Gasteiger partial charge in [0.2, 0.25) is 29.5 Å². The van der Waals surface area contributed by atoms with Crippen LogP contribution >= 0.6 is 21.6 Å². The van der Waals surface area contributed by atoms with E-state index in [9.17, 15) is 28.8 Å². The van der Waals surface area contributed by atoms with Crippen molar-refractivity contribution in [1.82, 2.24) is 43.3 Å². The molecule has 34 heavy (non-hydrogen) atoms. The summed E-state index contributed by atoms with van der Waals surface area (Å²) in [6.45, 7) is 0.742. The van der Waals surface area contributed by atoms with E-state index in [1.54, 1.807) is 0 Å². The lowest BCUT2D eigenvalue weighted by Crippen LogP contribution is -2.48. The maximum Gasteiger partial charge on any atom is 0.257 e. The maximum absolute atomic E-state index is 11.7. The van der Waals surface area contributed by atoms with E-state index in [2.05, 4.69) is 37.9 Å². The third-order valence-electron chi connectivity index (χ3n) is 3.71. The summed E-state index contributed by atoms with van der Waals surface area (Å²) in [5, 5.41) is 2.39. The molecule has 0 aliphatic heterocycles. The van der Waals surface area contributed by atoms with Crippen LogP contribution in [-0.4, -0.2) is 67.1 Å². The number of hydrazine groups is 4. The van der Waals surface area contributed by atoms with Gasteiger partial charge in [-0.3, -0.25) is 55.9 Å². The molecule has 0 aliphatic rings. The molecular formula is C17H33N9O6S2. The summed E-state index contributed by atoms with van der Waals surface area (Å²) >= 11 is 0. The van der Waals surface area contributed by atoms with E-state index < -0.39 is 36.0 Å². The molecule has 0 bridgehead atoms. The Kier molecular flexibility index (Phi) is 19.4. The van der Waals surface area contributed by atoms with Crippen molar-refractivity contribution in [2.45, 2.75) is 38.5 Å². The van der Waals surface area contributed by atoms with Gasteiger partial charge in [0.25, 0.3) is 5.91 Å². The van der Waals surface area contributed by atoms with Crippen molar-refractivity contribution in [2.75, 3.05) is 31.6 Å². The van der Waals surface area contributed by atoms with Crippen LogP contribution < -0.4 is 49.1 Å². The third-order valence-corrected chi connectivity index (χ3v) is 5.38. The Balaban J connectivity index is 3.60. The first kappa shape index (κ1) is 31.4. The van der Waals surface area contributed by atoms with Crippen LogP contribution in [0, 0.1) is 0 Å². The monoisotopic (exact) mass is 523 g/mol. The van der Waals surface area contributed by atoms with Gasteiger partial charge in [-0.05, 0) is 19.1 Å². The van der Waals surface area contributed by atoms with Gasteiger partial charge in [0.1, 0.15) is 12.8 Å². The predicted molar refractivity (Wildman–Crippen MR) is 128 cm³/mol. The number of unbranched alkanes of at least 4 members (excludes halogenated alkanes) is 3. The normalized spacial score (nSPS) is 10.1. The number of amides is 6. The summed E-state index contributed by atoms with van der Waals surface area (Å²) < 4.78 is 0. The second-order valence-electron chi connectivity index (χ2n) is 6.59. The minimum Gasteiger partial charge on any atom is -0.346 e. The highest BCUT2D eigenvalue weighted by atomic mass is 33.1. The summed E-state index contributed by atoms with van der Waals surface area (Å²) in [6, 6.07) is 0. The summed E-state index contributed by atoms with van der Waals surface area (Å²) in [5.74, 6) is 1.83. The summed E-state index contributed by atoms with van der Waals surface area (Å²) in [4.78, 5) is 68.4. The van der Waals surface area contributed by atoms with E-state index in [0.717, 1.165) is 25.7 Å². The Labute approximate surface area is 205 Å². The van der Waals surface area contributed by atoms with Crippen LogP contribution in [0.2, 0.25) is 0 Å². The topological polar surface area (TPSA) is 225 Å². The first-order valence-electron chi connectivity index (χ1n) is 10.3. The summed E-state index contributed by atoms with van der Waals surface area (Å²) in [6.07, 6.45) is 4.29. The number of nitrogens with two attached hydrogens (primary N) is 1. The molecule has 6 amide bonds. The summed E-state index contributed by atoms with van der Waals surface area (Å²) in [5.41, 5.74) is 16.2. The highest BCUT2D eigenvalue weighted by Gasteiger charge is 2.11. The number of nitrogens with one attached hydrogen (secondary N) is 8.